The van der Waals surface area contributed by atoms with Crippen LogP contribution in [0.4, 0.5) is 4.39 Å². The molecule has 7 heteroatoms. The number of carboxylic acid groups (broad SMARTS) is 1. The molecule has 1 amide bonds. The van der Waals surface area contributed by atoms with Gasteiger partial charge in [0.15, 0.2) is 6.04 Å². The van der Waals surface area contributed by atoms with Crippen LogP contribution in [-0.2, 0) is 22.4 Å². The van der Waals surface area contributed by atoms with Crippen molar-refractivity contribution in [2.24, 2.45) is 0 Å². The summed E-state index contributed by atoms with van der Waals surface area (Å²) in [5.41, 5.74) is 0.667. The lowest BCUT2D eigenvalue weighted by Crippen LogP contribution is -2.43. The van der Waals surface area contributed by atoms with Gasteiger partial charge in [0, 0.05) is 24.6 Å². The Hall–Kier alpha value is -2.83. The fraction of sp³-hybridized carbons (Fsp3) is 0.294. The second kappa shape index (κ2) is 6.35. The Morgan fingerprint density at radius 1 is 1.42 bits per heavy atom. The average Bonchev–Trinajstić information content (AvgIpc) is 3.03. The molecule has 0 spiro atoms. The molecule has 2 heterocycles. The summed E-state index contributed by atoms with van der Waals surface area (Å²) in [4.78, 5) is 25.4. The van der Waals surface area contributed by atoms with Gasteiger partial charge in [0.1, 0.15) is 17.3 Å². The first-order chi connectivity index (χ1) is 11.5. The lowest BCUT2D eigenvalue weighted by Gasteiger charge is -2.32. The van der Waals surface area contributed by atoms with Crippen LogP contribution in [0.15, 0.2) is 34.9 Å². The molecular weight excluding hydrogens is 317 g/mol. The van der Waals surface area contributed by atoms with E-state index in [0.29, 0.717) is 23.5 Å². The van der Waals surface area contributed by atoms with Crippen LogP contribution < -0.4 is 4.74 Å². The number of carbonyl (C=O) groups excluding carboxylic acids is 1. The van der Waals surface area contributed by atoms with Gasteiger partial charge in [-0.2, -0.15) is 0 Å². The van der Waals surface area contributed by atoms with Crippen LogP contribution in [0.3, 0.4) is 0 Å². The number of furan rings is 1. The Morgan fingerprint density at radius 3 is 2.88 bits per heavy atom. The fourth-order valence-corrected chi connectivity index (χ4v) is 2.91. The SMILES string of the molecule is COc1ccc(CC(=O)N2CCc3occc3C2C(=O)O)c(F)c1. The number of fused-ring (bicyclic) bond motifs is 1. The third kappa shape index (κ3) is 2.84. The molecule has 126 valence electrons. The van der Waals surface area contributed by atoms with E-state index in [-0.39, 0.29) is 18.5 Å². The van der Waals surface area contributed by atoms with Gasteiger partial charge in [0.25, 0.3) is 0 Å². The number of rotatable bonds is 4. The number of hydrogen-bond acceptors (Lipinski definition) is 4. The maximum atomic E-state index is 14.0. The largest absolute Gasteiger partial charge is 0.497 e. The maximum absolute atomic E-state index is 14.0. The summed E-state index contributed by atoms with van der Waals surface area (Å²) in [5.74, 6) is -1.22. The quantitative estimate of drug-likeness (QED) is 0.928. The first-order valence-corrected chi connectivity index (χ1v) is 7.42. The molecule has 0 radical (unpaired) electrons. The minimum atomic E-state index is -1.14. The molecule has 1 aromatic heterocycles. The number of methoxy groups -OCH3 is 1. The van der Waals surface area contributed by atoms with Crippen molar-refractivity contribution in [1.29, 1.82) is 0 Å². The molecule has 1 atom stereocenters. The van der Waals surface area contributed by atoms with Gasteiger partial charge in [-0.1, -0.05) is 6.07 Å². The third-order valence-electron chi connectivity index (χ3n) is 4.12. The van der Waals surface area contributed by atoms with Gasteiger partial charge in [0.2, 0.25) is 5.91 Å². The lowest BCUT2D eigenvalue weighted by molar-refractivity contribution is -0.151. The van der Waals surface area contributed by atoms with E-state index in [1.54, 1.807) is 12.1 Å². The predicted molar refractivity (Wildman–Crippen MR) is 81.2 cm³/mol. The molecule has 1 aliphatic rings. The standard InChI is InChI=1S/C17H16FNO5/c1-23-11-3-2-10(13(18)9-11)8-15(20)19-6-4-14-12(5-7-24-14)16(19)17(21)22/h2-3,5,7,9,16H,4,6,8H2,1H3,(H,21,22). The van der Waals surface area contributed by atoms with E-state index in [9.17, 15) is 19.1 Å². The summed E-state index contributed by atoms with van der Waals surface area (Å²) in [5, 5.41) is 9.49. The van der Waals surface area contributed by atoms with Gasteiger partial charge < -0.3 is 19.2 Å². The highest BCUT2D eigenvalue weighted by atomic mass is 19.1. The second-order valence-corrected chi connectivity index (χ2v) is 5.51. The van der Waals surface area contributed by atoms with Crippen LogP contribution in [0.5, 0.6) is 5.75 Å². The molecule has 1 N–H and O–H groups in total. The Morgan fingerprint density at radius 2 is 2.21 bits per heavy atom. The monoisotopic (exact) mass is 333 g/mol. The van der Waals surface area contributed by atoms with E-state index >= 15 is 0 Å². The van der Waals surface area contributed by atoms with Gasteiger partial charge in [0.05, 0.1) is 19.8 Å². The van der Waals surface area contributed by atoms with E-state index in [1.165, 1.54) is 30.4 Å². The van der Waals surface area contributed by atoms with E-state index in [0.717, 1.165) is 0 Å². The number of nitrogens with zero attached hydrogens (tertiary/aromatic N) is 1. The molecule has 2 aromatic rings. The van der Waals surface area contributed by atoms with Crippen LogP contribution in [0, 0.1) is 5.82 Å². The van der Waals surface area contributed by atoms with Gasteiger partial charge >= 0.3 is 5.97 Å². The highest BCUT2D eigenvalue weighted by Gasteiger charge is 2.37. The Bertz CT molecular complexity index is 785. The molecule has 1 aromatic carbocycles. The zero-order valence-electron chi connectivity index (χ0n) is 13.0. The predicted octanol–water partition coefficient (Wildman–Crippen LogP) is 2.18. The molecule has 1 aliphatic heterocycles. The number of ether oxygens (including phenoxy) is 1. The maximum Gasteiger partial charge on any atom is 0.331 e. The number of carboxylic acids is 1. The summed E-state index contributed by atoms with van der Waals surface area (Å²) in [6.07, 6.45) is 1.63. The van der Waals surface area contributed by atoms with Crippen molar-refractivity contribution in [2.75, 3.05) is 13.7 Å². The molecule has 0 fully saturated rings. The molecule has 0 saturated carbocycles. The molecule has 24 heavy (non-hydrogen) atoms. The van der Waals surface area contributed by atoms with Crippen LogP contribution in [-0.4, -0.2) is 35.5 Å². The van der Waals surface area contributed by atoms with Crippen LogP contribution in [0.2, 0.25) is 0 Å². The summed E-state index contributed by atoms with van der Waals surface area (Å²) in [6.45, 7) is 0.216. The molecule has 0 saturated heterocycles. The topological polar surface area (TPSA) is 80.0 Å². The van der Waals surface area contributed by atoms with Gasteiger partial charge in [-0.3, -0.25) is 4.79 Å². The zero-order chi connectivity index (χ0) is 17.3. The minimum Gasteiger partial charge on any atom is -0.497 e. The first kappa shape index (κ1) is 16.0. The van der Waals surface area contributed by atoms with E-state index in [1.807, 2.05) is 0 Å². The normalized spacial score (nSPS) is 16.6. The summed E-state index contributed by atoms with van der Waals surface area (Å²) in [7, 11) is 1.42. The van der Waals surface area contributed by atoms with Gasteiger partial charge in [-0.25, -0.2) is 9.18 Å². The van der Waals surface area contributed by atoms with Crippen LogP contribution >= 0.6 is 0 Å². The van der Waals surface area contributed by atoms with E-state index in [4.69, 9.17) is 9.15 Å². The summed E-state index contributed by atoms with van der Waals surface area (Å²) >= 11 is 0. The van der Waals surface area contributed by atoms with Crippen molar-refractivity contribution in [2.45, 2.75) is 18.9 Å². The number of carbonyl (C=O) groups is 2. The van der Waals surface area contributed by atoms with Crippen molar-refractivity contribution in [3.8, 4) is 5.75 Å². The van der Waals surface area contributed by atoms with Gasteiger partial charge in [-0.15, -0.1) is 0 Å². The minimum absolute atomic E-state index is 0.197. The fourth-order valence-electron chi connectivity index (χ4n) is 2.91. The Kier molecular flexibility index (Phi) is 4.24. The first-order valence-electron chi connectivity index (χ1n) is 7.42. The van der Waals surface area contributed by atoms with E-state index in [2.05, 4.69) is 0 Å². The summed E-state index contributed by atoms with van der Waals surface area (Å²) < 4.78 is 24.2. The Balaban J connectivity index is 1.83. The van der Waals surface area contributed by atoms with Crippen LogP contribution in [0.25, 0.3) is 0 Å². The number of benzene rings is 1. The number of amides is 1. The highest BCUT2D eigenvalue weighted by Crippen LogP contribution is 2.31. The molecular formula is C17H16FNO5. The molecule has 1 unspecified atom stereocenters. The van der Waals surface area contributed by atoms with Crippen molar-refractivity contribution >= 4 is 11.9 Å². The van der Waals surface area contributed by atoms with Crippen molar-refractivity contribution < 1.29 is 28.2 Å². The molecule has 6 nitrogen and oxygen atoms in total. The average molecular weight is 333 g/mol. The number of halogens is 1. The molecule has 0 aliphatic carbocycles. The Labute approximate surface area is 137 Å². The number of hydrogen-bond donors (Lipinski definition) is 1. The van der Waals surface area contributed by atoms with Crippen LogP contribution in [0.1, 0.15) is 22.9 Å². The number of aliphatic carboxylic acids is 1. The molecule has 3 rings (SSSR count). The lowest BCUT2D eigenvalue weighted by atomic mass is 9.98. The summed E-state index contributed by atoms with van der Waals surface area (Å²) in [6, 6.07) is 4.67. The van der Waals surface area contributed by atoms with Crippen molar-refractivity contribution in [3.05, 3.63) is 53.2 Å². The second-order valence-electron chi connectivity index (χ2n) is 5.51. The van der Waals surface area contributed by atoms with Crippen molar-refractivity contribution in [1.82, 2.24) is 4.90 Å². The zero-order valence-corrected chi connectivity index (χ0v) is 13.0. The van der Waals surface area contributed by atoms with Gasteiger partial charge in [-0.05, 0) is 17.7 Å². The highest BCUT2D eigenvalue weighted by molar-refractivity contribution is 5.86. The third-order valence-corrected chi connectivity index (χ3v) is 4.12. The van der Waals surface area contributed by atoms with E-state index < -0.39 is 23.7 Å². The van der Waals surface area contributed by atoms with Crippen molar-refractivity contribution in [3.63, 3.8) is 0 Å². The molecule has 0 bridgehead atoms. The smallest absolute Gasteiger partial charge is 0.331 e.